The average Bonchev–Trinajstić information content (AvgIpc) is 3.15. The highest BCUT2D eigenvalue weighted by molar-refractivity contribution is 7.90. The van der Waals surface area contributed by atoms with Crippen molar-refractivity contribution in [3.63, 3.8) is 0 Å². The average molecular weight is 769 g/mol. The maximum Gasteiger partial charge on any atom is 0.408 e. The van der Waals surface area contributed by atoms with Gasteiger partial charge in [-0.15, -0.1) is 0 Å². The first kappa shape index (κ1) is 40.0. The molecule has 288 valence electrons. The molecule has 14 heteroatoms. The molecule has 0 aliphatic heterocycles. The summed E-state index contributed by atoms with van der Waals surface area (Å²) in [5, 5.41) is 19.5. The van der Waals surface area contributed by atoms with E-state index in [0.29, 0.717) is 30.9 Å². The number of nitrogens with zero attached hydrogens (tertiary/aromatic N) is 1. The molecule has 0 heterocycles. The number of benzene rings is 5. The van der Waals surface area contributed by atoms with E-state index >= 15 is 0 Å². The second-order valence-electron chi connectivity index (χ2n) is 13.6. The molecule has 0 aromatic heterocycles. The Morgan fingerprint density at radius 3 is 2.24 bits per heavy atom. The van der Waals surface area contributed by atoms with Crippen molar-refractivity contribution in [3.8, 4) is 11.5 Å². The van der Waals surface area contributed by atoms with Crippen molar-refractivity contribution < 1.29 is 37.1 Å². The standard InChI is InChI=1S/C41H44N4O9S/c1-41(2,3)54-40(47)43-36(27-30-18-20-32(21-19-30)52-25-26-53-38-17-9-15-31-14-7-8-16-34(31)38)39(46)44-55(50,51)33-22-23-35(37(28-33)45(48)49)42-24-10-13-29-11-5-4-6-12-29/h4-9,11-12,14-23,28,36,42H,10,13,24-27H2,1-3H3,(H,43,47)(H,44,46)/t36-/m0/s1. The predicted octanol–water partition coefficient (Wildman–Crippen LogP) is 7.19. The molecule has 5 aromatic rings. The molecule has 0 spiro atoms. The lowest BCUT2D eigenvalue weighted by atomic mass is 10.1. The topological polar surface area (TPSA) is 175 Å². The molecule has 0 unspecified atom stereocenters. The second kappa shape index (κ2) is 18.3. The van der Waals surface area contributed by atoms with Gasteiger partial charge in [0.1, 0.15) is 42.0 Å². The number of sulfonamides is 1. The summed E-state index contributed by atoms with van der Waals surface area (Å²) in [6.45, 7) is 5.90. The smallest absolute Gasteiger partial charge is 0.408 e. The molecule has 1 atom stereocenters. The van der Waals surface area contributed by atoms with Crippen LogP contribution >= 0.6 is 0 Å². The number of nitrogens with one attached hydrogen (secondary N) is 3. The van der Waals surface area contributed by atoms with Gasteiger partial charge in [0, 0.05) is 24.4 Å². The van der Waals surface area contributed by atoms with E-state index in [1.807, 2.05) is 77.5 Å². The van der Waals surface area contributed by atoms with Gasteiger partial charge in [-0.25, -0.2) is 17.9 Å². The first-order chi connectivity index (χ1) is 26.3. The molecule has 0 aliphatic rings. The number of carbonyl (C=O) groups excluding carboxylic acids is 2. The van der Waals surface area contributed by atoms with Gasteiger partial charge in [0.15, 0.2) is 0 Å². The monoisotopic (exact) mass is 768 g/mol. The van der Waals surface area contributed by atoms with Crippen LogP contribution in [0, 0.1) is 10.1 Å². The number of carbonyl (C=O) groups is 2. The van der Waals surface area contributed by atoms with E-state index < -0.39 is 49.2 Å². The van der Waals surface area contributed by atoms with E-state index in [-0.39, 0.29) is 18.7 Å². The summed E-state index contributed by atoms with van der Waals surface area (Å²) < 4.78 is 45.9. The highest BCUT2D eigenvalue weighted by Crippen LogP contribution is 2.28. The van der Waals surface area contributed by atoms with Crippen LogP contribution in [0.5, 0.6) is 11.5 Å². The number of nitro benzene ring substituents is 1. The molecular formula is C41H44N4O9S. The van der Waals surface area contributed by atoms with Crippen LogP contribution in [0.4, 0.5) is 16.2 Å². The minimum atomic E-state index is -4.61. The number of hydrogen-bond donors (Lipinski definition) is 3. The van der Waals surface area contributed by atoms with E-state index in [1.54, 1.807) is 45.0 Å². The predicted molar refractivity (Wildman–Crippen MR) is 210 cm³/mol. The van der Waals surface area contributed by atoms with E-state index in [9.17, 15) is 28.1 Å². The largest absolute Gasteiger partial charge is 0.490 e. The number of rotatable bonds is 17. The molecule has 5 aromatic carbocycles. The quantitative estimate of drug-likeness (QED) is 0.0499. The zero-order valence-corrected chi connectivity index (χ0v) is 31.6. The zero-order chi connectivity index (χ0) is 39.4. The number of alkyl carbamates (subject to hydrolysis) is 1. The van der Waals surface area contributed by atoms with E-state index in [0.717, 1.165) is 34.6 Å². The van der Waals surface area contributed by atoms with Crippen LogP contribution in [0.2, 0.25) is 0 Å². The summed E-state index contributed by atoms with van der Waals surface area (Å²) in [7, 11) is -4.61. The number of aryl methyl sites for hydroxylation is 1. The highest BCUT2D eigenvalue weighted by Gasteiger charge is 2.30. The molecule has 0 saturated carbocycles. The molecule has 13 nitrogen and oxygen atoms in total. The van der Waals surface area contributed by atoms with Crippen LogP contribution in [-0.2, 0) is 32.4 Å². The lowest BCUT2D eigenvalue weighted by molar-refractivity contribution is -0.384. The highest BCUT2D eigenvalue weighted by atomic mass is 32.2. The number of ether oxygens (including phenoxy) is 3. The third-order valence-electron chi connectivity index (χ3n) is 8.24. The van der Waals surface area contributed by atoms with Crippen molar-refractivity contribution in [1.29, 1.82) is 0 Å². The summed E-state index contributed by atoms with van der Waals surface area (Å²) in [6, 6.07) is 32.2. The SMILES string of the molecule is CC(C)(C)OC(=O)N[C@@H](Cc1ccc(OCCOc2cccc3ccccc23)cc1)C(=O)NS(=O)(=O)c1ccc(NCCCc2ccccc2)c([N+](=O)[O-])c1. The van der Waals surface area contributed by atoms with Crippen LogP contribution < -0.4 is 24.8 Å². The number of amides is 2. The van der Waals surface area contributed by atoms with Crippen LogP contribution in [-0.4, -0.2) is 56.7 Å². The minimum Gasteiger partial charge on any atom is -0.490 e. The Kier molecular flexibility index (Phi) is 13.3. The fourth-order valence-electron chi connectivity index (χ4n) is 5.65. The van der Waals surface area contributed by atoms with Gasteiger partial charge in [-0.2, -0.15) is 0 Å². The maximum atomic E-state index is 13.5. The van der Waals surface area contributed by atoms with Crippen molar-refractivity contribution in [2.24, 2.45) is 0 Å². The Bertz CT molecular complexity index is 2200. The van der Waals surface area contributed by atoms with Crippen LogP contribution in [0.25, 0.3) is 10.8 Å². The number of nitro groups is 1. The summed E-state index contributed by atoms with van der Waals surface area (Å²) >= 11 is 0. The van der Waals surface area contributed by atoms with Gasteiger partial charge < -0.3 is 24.8 Å². The number of fused-ring (bicyclic) bond motifs is 1. The van der Waals surface area contributed by atoms with Crippen molar-refractivity contribution in [1.82, 2.24) is 10.0 Å². The van der Waals surface area contributed by atoms with Crippen LogP contribution in [0.1, 0.15) is 38.3 Å². The van der Waals surface area contributed by atoms with Gasteiger partial charge in [0.05, 0.1) is 9.82 Å². The van der Waals surface area contributed by atoms with Crippen molar-refractivity contribution in [2.75, 3.05) is 25.1 Å². The molecular weight excluding hydrogens is 725 g/mol. The Morgan fingerprint density at radius 1 is 0.818 bits per heavy atom. The Hall–Kier alpha value is -6.15. The summed E-state index contributed by atoms with van der Waals surface area (Å²) in [5.74, 6) is 0.213. The van der Waals surface area contributed by atoms with Gasteiger partial charge in [-0.05, 0) is 80.5 Å². The second-order valence-corrected chi connectivity index (χ2v) is 15.3. The van der Waals surface area contributed by atoms with Crippen LogP contribution in [0.15, 0.2) is 120 Å². The Morgan fingerprint density at radius 2 is 1.51 bits per heavy atom. The molecule has 3 N–H and O–H groups in total. The summed E-state index contributed by atoms with van der Waals surface area (Å²) in [6.07, 6.45) is 0.381. The van der Waals surface area contributed by atoms with Gasteiger partial charge in [-0.3, -0.25) is 14.9 Å². The van der Waals surface area contributed by atoms with Crippen molar-refractivity contribution >= 4 is 44.2 Å². The summed E-state index contributed by atoms with van der Waals surface area (Å²) in [4.78, 5) is 37.0. The van der Waals surface area contributed by atoms with E-state index in [2.05, 4.69) is 10.6 Å². The summed E-state index contributed by atoms with van der Waals surface area (Å²) in [5.41, 5.74) is 0.463. The molecule has 0 radical (unpaired) electrons. The molecule has 0 fully saturated rings. The van der Waals surface area contributed by atoms with Gasteiger partial charge >= 0.3 is 6.09 Å². The first-order valence-corrected chi connectivity index (χ1v) is 19.2. The van der Waals surface area contributed by atoms with Gasteiger partial charge in [0.2, 0.25) is 0 Å². The third kappa shape index (κ3) is 11.9. The molecule has 0 bridgehead atoms. The molecule has 55 heavy (non-hydrogen) atoms. The van der Waals surface area contributed by atoms with Crippen molar-refractivity contribution in [3.05, 3.63) is 137 Å². The van der Waals surface area contributed by atoms with Gasteiger partial charge in [-0.1, -0.05) is 78.9 Å². The maximum absolute atomic E-state index is 13.5. The fourth-order valence-corrected chi connectivity index (χ4v) is 6.69. The molecule has 0 aliphatic carbocycles. The molecule has 0 saturated heterocycles. The lowest BCUT2D eigenvalue weighted by Gasteiger charge is -2.23. The number of hydrogen-bond acceptors (Lipinski definition) is 10. The van der Waals surface area contributed by atoms with Crippen molar-refractivity contribution in [2.45, 2.75) is 56.6 Å². The molecule has 2 amide bonds. The number of anilines is 1. The van der Waals surface area contributed by atoms with E-state index in [4.69, 9.17) is 14.2 Å². The van der Waals surface area contributed by atoms with Crippen LogP contribution in [0.3, 0.4) is 0 Å². The normalized spacial score (nSPS) is 12.0. The minimum absolute atomic E-state index is 0.114. The third-order valence-corrected chi connectivity index (χ3v) is 9.59. The van der Waals surface area contributed by atoms with E-state index in [1.165, 1.54) is 12.1 Å². The Balaban J connectivity index is 1.22. The first-order valence-electron chi connectivity index (χ1n) is 17.7. The molecule has 5 rings (SSSR count). The Labute approximate surface area is 320 Å². The zero-order valence-electron chi connectivity index (χ0n) is 30.8. The lowest BCUT2D eigenvalue weighted by Crippen LogP contribution is -2.50. The fraction of sp³-hybridized carbons (Fsp3) is 0.268. The van der Waals surface area contributed by atoms with Gasteiger partial charge in [0.25, 0.3) is 21.6 Å².